The molecule has 80 valence electrons. The Kier molecular flexibility index (Phi) is 16.2. The van der Waals surface area contributed by atoms with Crippen molar-refractivity contribution in [1.29, 1.82) is 0 Å². The Hall–Kier alpha value is 0.890. The van der Waals surface area contributed by atoms with Gasteiger partial charge in [-0.3, -0.25) is 0 Å². The molecule has 7 heteroatoms. The van der Waals surface area contributed by atoms with Crippen molar-refractivity contribution < 1.29 is 14.4 Å². The topological polar surface area (TPSA) is 57.5 Å². The zero-order valence-electron chi connectivity index (χ0n) is 7.00. The predicted molar refractivity (Wildman–Crippen MR) is 56.9 cm³/mol. The lowest BCUT2D eigenvalue weighted by Crippen LogP contribution is -2.03. The highest BCUT2D eigenvalue weighted by Crippen LogP contribution is 2.11. The summed E-state index contributed by atoms with van der Waals surface area (Å²) in [5, 5.41) is 0. The van der Waals surface area contributed by atoms with Gasteiger partial charge in [0.1, 0.15) is 0 Å². The zero-order valence-corrected chi connectivity index (χ0v) is 10.2. The Morgan fingerprint density at radius 2 is 1.38 bits per heavy atom. The monoisotopic (exact) mass is 269 g/mol. The standard InChI is InChI=1S/C6H11Cl3.HO3P/c7-3-1-6(5-9)2-4-8;1-4(2)3/h6H,1-5H2;(H-,1,2,3)/p+1. The van der Waals surface area contributed by atoms with Gasteiger partial charge in [-0.2, -0.15) is 0 Å². The van der Waals surface area contributed by atoms with Gasteiger partial charge in [-0.15, -0.1) is 44.6 Å². The van der Waals surface area contributed by atoms with E-state index in [4.69, 9.17) is 49.2 Å². The van der Waals surface area contributed by atoms with E-state index in [9.17, 15) is 0 Å². The summed E-state index contributed by atoms with van der Waals surface area (Å²) >= 11 is 16.6. The van der Waals surface area contributed by atoms with Crippen LogP contribution in [0.25, 0.3) is 0 Å². The molecule has 3 nitrogen and oxygen atoms in total. The van der Waals surface area contributed by atoms with Crippen LogP contribution in [0.15, 0.2) is 0 Å². The van der Waals surface area contributed by atoms with Gasteiger partial charge in [-0.05, 0) is 18.8 Å². The molecule has 0 radical (unpaired) electrons. The molecule has 0 heterocycles. The lowest BCUT2D eigenvalue weighted by Gasteiger charge is -2.07. The summed E-state index contributed by atoms with van der Waals surface area (Å²) in [6.07, 6.45) is 1.97. The summed E-state index contributed by atoms with van der Waals surface area (Å²) in [6.45, 7) is 0. The van der Waals surface area contributed by atoms with Gasteiger partial charge in [0.05, 0.1) is 0 Å². The van der Waals surface area contributed by atoms with Crippen LogP contribution in [-0.2, 0) is 4.57 Å². The van der Waals surface area contributed by atoms with Crippen molar-refractivity contribution in [3.05, 3.63) is 0 Å². The molecule has 0 fully saturated rings. The van der Waals surface area contributed by atoms with Gasteiger partial charge in [-0.1, -0.05) is 0 Å². The molecule has 0 bridgehead atoms. The maximum Gasteiger partial charge on any atom is 0.692 e. The van der Waals surface area contributed by atoms with Crippen LogP contribution in [0.2, 0.25) is 0 Å². The number of rotatable bonds is 5. The fourth-order valence-corrected chi connectivity index (χ4v) is 1.53. The SMILES string of the molecule is ClCCC(CCl)CCCl.O=[P+](O)O. The van der Waals surface area contributed by atoms with Gasteiger partial charge >= 0.3 is 8.25 Å². The highest BCUT2D eigenvalue weighted by Gasteiger charge is 2.04. The average molecular weight is 270 g/mol. The number of alkyl halides is 3. The normalized spacial score (nSPS) is 9.38. The number of halogens is 3. The summed E-state index contributed by atoms with van der Waals surface area (Å²) in [6, 6.07) is 0. The highest BCUT2D eigenvalue weighted by atomic mass is 35.5. The van der Waals surface area contributed by atoms with Crippen LogP contribution >= 0.6 is 43.1 Å². The Morgan fingerprint density at radius 1 is 1.08 bits per heavy atom. The first-order valence-corrected chi connectivity index (χ1v) is 6.38. The Bertz CT molecular complexity index is 116. The maximum absolute atomic E-state index is 8.70. The lowest BCUT2D eigenvalue weighted by atomic mass is 10.1. The fraction of sp³-hybridized carbons (Fsp3) is 1.00. The van der Waals surface area contributed by atoms with E-state index >= 15 is 0 Å². The lowest BCUT2D eigenvalue weighted by molar-refractivity contribution is 0.405. The molecule has 0 saturated heterocycles. The minimum absolute atomic E-state index is 0.515. The summed E-state index contributed by atoms with van der Waals surface area (Å²) in [7, 11) is -2.87. The van der Waals surface area contributed by atoms with E-state index in [-0.39, 0.29) is 0 Å². The maximum atomic E-state index is 8.70. The number of hydrogen-bond donors (Lipinski definition) is 2. The molecule has 0 aliphatic rings. The van der Waals surface area contributed by atoms with Gasteiger partial charge < -0.3 is 0 Å². The highest BCUT2D eigenvalue weighted by molar-refractivity contribution is 7.30. The van der Waals surface area contributed by atoms with Crippen molar-refractivity contribution in [2.45, 2.75) is 12.8 Å². The van der Waals surface area contributed by atoms with E-state index < -0.39 is 8.25 Å². The largest absolute Gasteiger partial charge is 0.692 e. The van der Waals surface area contributed by atoms with Crippen LogP contribution in [0.3, 0.4) is 0 Å². The molecule has 0 aromatic rings. The van der Waals surface area contributed by atoms with Crippen LogP contribution in [0.1, 0.15) is 12.8 Å². The second-order valence-corrected chi connectivity index (χ2v) is 3.80. The van der Waals surface area contributed by atoms with Crippen molar-refractivity contribution in [3.63, 3.8) is 0 Å². The van der Waals surface area contributed by atoms with Crippen LogP contribution in [-0.4, -0.2) is 27.4 Å². The molecule has 0 saturated carbocycles. The molecular formula is C6H13Cl3O3P+. The third-order valence-electron chi connectivity index (χ3n) is 1.25. The zero-order chi connectivity index (χ0) is 10.7. The minimum Gasteiger partial charge on any atom is -0.134 e. The molecule has 0 amide bonds. The van der Waals surface area contributed by atoms with E-state index in [1.54, 1.807) is 0 Å². The van der Waals surface area contributed by atoms with Crippen LogP contribution in [0.4, 0.5) is 0 Å². The smallest absolute Gasteiger partial charge is 0.134 e. The molecule has 2 N–H and O–H groups in total. The van der Waals surface area contributed by atoms with E-state index in [0.29, 0.717) is 23.6 Å². The van der Waals surface area contributed by atoms with Gasteiger partial charge in [0.2, 0.25) is 0 Å². The van der Waals surface area contributed by atoms with Crippen LogP contribution in [0, 0.1) is 5.92 Å². The van der Waals surface area contributed by atoms with Gasteiger partial charge in [0.25, 0.3) is 0 Å². The first kappa shape index (κ1) is 16.3. The first-order chi connectivity index (χ1) is 6.08. The van der Waals surface area contributed by atoms with Crippen molar-refractivity contribution in [3.8, 4) is 0 Å². The predicted octanol–water partition coefficient (Wildman–Crippen LogP) is 2.73. The van der Waals surface area contributed by atoms with Crippen LogP contribution in [0.5, 0.6) is 0 Å². The molecule has 0 aliphatic carbocycles. The molecule has 0 spiro atoms. The van der Waals surface area contributed by atoms with Crippen molar-refractivity contribution in [1.82, 2.24) is 0 Å². The Balaban J connectivity index is 0. The fourth-order valence-electron chi connectivity index (χ4n) is 0.607. The summed E-state index contributed by atoms with van der Waals surface area (Å²) in [5.74, 6) is 2.57. The van der Waals surface area contributed by atoms with E-state index in [0.717, 1.165) is 12.8 Å². The van der Waals surface area contributed by atoms with Crippen molar-refractivity contribution >= 4 is 43.1 Å². The molecular weight excluding hydrogens is 257 g/mol. The molecule has 0 atom stereocenters. The van der Waals surface area contributed by atoms with E-state index in [1.807, 2.05) is 0 Å². The number of hydrogen-bond acceptors (Lipinski definition) is 1. The van der Waals surface area contributed by atoms with E-state index in [2.05, 4.69) is 0 Å². The molecule has 0 aliphatic heterocycles. The third kappa shape index (κ3) is 19.3. The van der Waals surface area contributed by atoms with Gasteiger partial charge in [0, 0.05) is 22.2 Å². The second kappa shape index (κ2) is 12.9. The Morgan fingerprint density at radius 3 is 1.54 bits per heavy atom. The van der Waals surface area contributed by atoms with Gasteiger partial charge in [-0.25, -0.2) is 0 Å². The summed E-state index contributed by atoms with van der Waals surface area (Å²) in [5.41, 5.74) is 0. The minimum atomic E-state index is -2.87. The van der Waals surface area contributed by atoms with Gasteiger partial charge in [0.15, 0.2) is 0 Å². The summed E-state index contributed by atoms with van der Waals surface area (Å²) < 4.78 is 8.70. The average Bonchev–Trinajstić information content (AvgIpc) is 2.03. The van der Waals surface area contributed by atoms with Crippen LogP contribution < -0.4 is 0 Å². The molecule has 13 heavy (non-hydrogen) atoms. The quantitative estimate of drug-likeness (QED) is 0.596. The molecule has 0 unspecified atom stereocenters. The molecule has 0 aromatic carbocycles. The third-order valence-corrected chi connectivity index (χ3v) is 2.13. The Labute approximate surface area is 93.9 Å². The van der Waals surface area contributed by atoms with E-state index in [1.165, 1.54) is 0 Å². The molecule has 0 aromatic heterocycles. The van der Waals surface area contributed by atoms with Crippen molar-refractivity contribution in [2.75, 3.05) is 17.6 Å². The second-order valence-electron chi connectivity index (χ2n) is 2.23. The summed E-state index contributed by atoms with van der Waals surface area (Å²) in [4.78, 5) is 14.2. The molecule has 0 rings (SSSR count). The van der Waals surface area contributed by atoms with Crippen molar-refractivity contribution in [2.24, 2.45) is 5.92 Å². The first-order valence-electron chi connectivity index (χ1n) is 3.61.